The Morgan fingerprint density at radius 1 is 1.26 bits per heavy atom. The molecule has 1 aromatic carbocycles. The van der Waals surface area contributed by atoms with Gasteiger partial charge in [0, 0.05) is 0 Å². The first-order valence-electron chi connectivity index (χ1n) is 6.08. The van der Waals surface area contributed by atoms with Crippen LogP contribution in [0.5, 0.6) is 0 Å². The Hall–Kier alpha value is -1.33. The predicted octanol–water partition coefficient (Wildman–Crippen LogP) is 3.12. The molecule has 0 amide bonds. The topological polar surface area (TPSA) is 52.0 Å². The van der Waals surface area contributed by atoms with Gasteiger partial charge in [-0.1, -0.05) is 37.1 Å². The third-order valence-electron chi connectivity index (χ3n) is 2.82. The number of hydrogen-bond acceptors (Lipinski definition) is 3. The van der Waals surface area contributed by atoms with Crippen molar-refractivity contribution in [1.82, 2.24) is 9.19 Å². The fraction of sp³-hybridized carbons (Fsp3) is 0.308. The van der Waals surface area contributed by atoms with Gasteiger partial charge in [0.1, 0.15) is 0 Å². The number of rotatable bonds is 5. The summed E-state index contributed by atoms with van der Waals surface area (Å²) in [6.07, 6.45) is 5.76. The third kappa shape index (κ3) is 3.16. The maximum atomic E-state index is 12.2. The van der Waals surface area contributed by atoms with Gasteiger partial charge in [0.05, 0.1) is 22.3 Å². The molecule has 4 nitrogen and oxygen atoms in total. The Balaban J connectivity index is 2.26. The molecule has 6 heteroatoms. The molecule has 0 radical (unpaired) electrons. The molecule has 0 aliphatic heterocycles. The van der Waals surface area contributed by atoms with E-state index in [1.807, 2.05) is 12.1 Å². The van der Waals surface area contributed by atoms with E-state index in [1.54, 1.807) is 12.1 Å². The van der Waals surface area contributed by atoms with Crippen molar-refractivity contribution in [3.8, 4) is 0 Å². The predicted molar refractivity (Wildman–Crippen MR) is 74.9 cm³/mol. The molecule has 2 rings (SSSR count). The van der Waals surface area contributed by atoms with Crippen molar-refractivity contribution in [2.45, 2.75) is 31.1 Å². The van der Waals surface area contributed by atoms with Crippen LogP contribution in [0.4, 0.5) is 0 Å². The van der Waals surface area contributed by atoms with Crippen LogP contribution in [0.1, 0.15) is 25.3 Å². The molecule has 0 aliphatic rings. The Labute approximate surface area is 118 Å². The van der Waals surface area contributed by atoms with Gasteiger partial charge in [-0.15, -0.1) is 0 Å². The van der Waals surface area contributed by atoms with Crippen molar-refractivity contribution in [3.63, 3.8) is 0 Å². The summed E-state index contributed by atoms with van der Waals surface area (Å²) in [6.45, 7) is 2.13. The lowest BCUT2D eigenvalue weighted by Crippen LogP contribution is -2.13. The quantitative estimate of drug-likeness (QED) is 0.852. The molecule has 0 unspecified atom stereocenters. The van der Waals surface area contributed by atoms with Gasteiger partial charge in [0.25, 0.3) is 10.0 Å². The molecule has 0 aliphatic carbocycles. The second kappa shape index (κ2) is 5.75. The summed E-state index contributed by atoms with van der Waals surface area (Å²) in [4.78, 5) is 0.215. The van der Waals surface area contributed by atoms with Crippen LogP contribution < -0.4 is 0 Å². The van der Waals surface area contributed by atoms with Gasteiger partial charge in [-0.2, -0.15) is 17.6 Å². The largest absolute Gasteiger partial charge is 0.282 e. The van der Waals surface area contributed by atoms with Crippen LogP contribution >= 0.6 is 11.6 Å². The van der Waals surface area contributed by atoms with Gasteiger partial charge >= 0.3 is 0 Å². The van der Waals surface area contributed by atoms with Crippen molar-refractivity contribution < 1.29 is 8.42 Å². The van der Waals surface area contributed by atoms with Crippen molar-refractivity contribution in [3.05, 3.63) is 47.2 Å². The minimum absolute atomic E-state index is 0.215. The first-order chi connectivity index (χ1) is 9.04. The molecule has 0 saturated carbocycles. The number of halogens is 1. The maximum absolute atomic E-state index is 12.2. The average Bonchev–Trinajstić information content (AvgIpc) is 2.84. The zero-order valence-electron chi connectivity index (χ0n) is 10.6. The van der Waals surface area contributed by atoms with Crippen molar-refractivity contribution in [2.24, 2.45) is 0 Å². The zero-order valence-corrected chi connectivity index (χ0v) is 12.2. The summed E-state index contributed by atoms with van der Waals surface area (Å²) >= 11 is 5.69. The second-order valence-electron chi connectivity index (χ2n) is 4.28. The number of hydrogen-bond donors (Lipinski definition) is 0. The monoisotopic (exact) mass is 298 g/mol. The summed E-state index contributed by atoms with van der Waals surface area (Å²) < 4.78 is 25.3. The molecule has 1 heterocycles. The van der Waals surface area contributed by atoms with E-state index in [1.165, 1.54) is 12.4 Å². The van der Waals surface area contributed by atoms with Crippen molar-refractivity contribution in [1.29, 1.82) is 0 Å². The lowest BCUT2D eigenvalue weighted by Gasteiger charge is -2.05. The zero-order chi connectivity index (χ0) is 13.9. The molecule has 102 valence electrons. The summed E-state index contributed by atoms with van der Waals surface area (Å²) in [7, 11) is -3.63. The van der Waals surface area contributed by atoms with Gasteiger partial charge < -0.3 is 0 Å². The molecular weight excluding hydrogens is 284 g/mol. The van der Waals surface area contributed by atoms with E-state index >= 15 is 0 Å². The van der Waals surface area contributed by atoms with Crippen LogP contribution in [0, 0.1) is 0 Å². The average molecular weight is 299 g/mol. The molecule has 1 aromatic heterocycles. The normalized spacial score (nSPS) is 11.7. The lowest BCUT2D eigenvalue weighted by molar-refractivity contribution is 0.580. The molecular formula is C13H15ClN2O2S. The Morgan fingerprint density at radius 3 is 2.47 bits per heavy atom. The molecule has 0 saturated heterocycles. The molecule has 0 N–H and O–H groups in total. The molecule has 0 atom stereocenters. The van der Waals surface area contributed by atoms with Crippen LogP contribution in [0.25, 0.3) is 0 Å². The van der Waals surface area contributed by atoms with Crippen LogP contribution in [0.15, 0.2) is 41.6 Å². The van der Waals surface area contributed by atoms with Gasteiger partial charge in [-0.3, -0.25) is 0 Å². The van der Waals surface area contributed by atoms with Gasteiger partial charge in [0.15, 0.2) is 0 Å². The summed E-state index contributed by atoms with van der Waals surface area (Å²) in [5, 5.41) is 4.03. The smallest absolute Gasteiger partial charge is 0.199 e. The Kier molecular flexibility index (Phi) is 4.27. The number of aromatic nitrogens is 2. The second-order valence-corrected chi connectivity index (χ2v) is 6.52. The van der Waals surface area contributed by atoms with Crippen molar-refractivity contribution >= 4 is 21.6 Å². The molecule has 0 spiro atoms. The number of benzene rings is 1. The standard InChI is InChI=1S/C13H15ClN2O2S/c1-2-3-4-11-5-7-13(8-6-11)19(17,18)16-10-12(14)9-15-16/h5-10H,2-4H2,1H3. The lowest BCUT2D eigenvalue weighted by atomic mass is 10.1. The fourth-order valence-corrected chi connectivity index (χ4v) is 3.05. The van der Waals surface area contributed by atoms with Gasteiger partial charge in [-0.25, -0.2) is 0 Å². The van der Waals surface area contributed by atoms with E-state index in [9.17, 15) is 8.42 Å². The first-order valence-corrected chi connectivity index (χ1v) is 7.90. The summed E-state index contributed by atoms with van der Waals surface area (Å²) in [6, 6.07) is 6.90. The Bertz CT molecular complexity index is 648. The molecule has 0 fully saturated rings. The highest BCUT2D eigenvalue weighted by Gasteiger charge is 2.17. The van der Waals surface area contributed by atoms with Crippen LogP contribution in [-0.2, 0) is 16.4 Å². The number of nitrogens with zero attached hydrogens (tertiary/aromatic N) is 2. The van der Waals surface area contributed by atoms with Crippen LogP contribution in [0.3, 0.4) is 0 Å². The van der Waals surface area contributed by atoms with E-state index in [0.717, 1.165) is 28.9 Å². The van der Waals surface area contributed by atoms with E-state index in [4.69, 9.17) is 11.6 Å². The van der Waals surface area contributed by atoms with E-state index in [2.05, 4.69) is 12.0 Å². The molecule has 2 aromatic rings. The van der Waals surface area contributed by atoms with Crippen molar-refractivity contribution in [2.75, 3.05) is 0 Å². The maximum Gasteiger partial charge on any atom is 0.282 e. The summed E-state index contributed by atoms with van der Waals surface area (Å²) in [5.41, 5.74) is 1.14. The van der Waals surface area contributed by atoms with E-state index in [-0.39, 0.29) is 4.90 Å². The number of unbranched alkanes of at least 4 members (excludes halogenated alkanes) is 1. The van der Waals surface area contributed by atoms with Crippen LogP contribution in [-0.4, -0.2) is 17.6 Å². The minimum atomic E-state index is -3.63. The highest BCUT2D eigenvalue weighted by Crippen LogP contribution is 2.17. The van der Waals surface area contributed by atoms with Crippen LogP contribution in [0.2, 0.25) is 5.02 Å². The molecule has 19 heavy (non-hydrogen) atoms. The van der Waals surface area contributed by atoms with Gasteiger partial charge in [0.2, 0.25) is 0 Å². The molecule has 0 bridgehead atoms. The fourth-order valence-electron chi connectivity index (χ4n) is 1.73. The number of aryl methyl sites for hydroxylation is 1. The third-order valence-corrected chi connectivity index (χ3v) is 4.57. The Morgan fingerprint density at radius 2 is 1.95 bits per heavy atom. The highest BCUT2D eigenvalue weighted by molar-refractivity contribution is 7.89. The summed E-state index contributed by atoms with van der Waals surface area (Å²) in [5.74, 6) is 0. The van der Waals surface area contributed by atoms with E-state index in [0.29, 0.717) is 5.02 Å². The minimum Gasteiger partial charge on any atom is -0.199 e. The van der Waals surface area contributed by atoms with E-state index < -0.39 is 10.0 Å². The highest BCUT2D eigenvalue weighted by atomic mass is 35.5. The first kappa shape index (κ1) is 14.1. The van der Waals surface area contributed by atoms with Gasteiger partial charge in [-0.05, 0) is 30.5 Å². The SMILES string of the molecule is CCCCc1ccc(S(=O)(=O)n2cc(Cl)cn2)cc1.